The molecular formula is C13H19NO3. The van der Waals surface area contributed by atoms with E-state index in [4.69, 9.17) is 4.74 Å². The van der Waals surface area contributed by atoms with Crippen molar-refractivity contribution in [2.75, 3.05) is 6.61 Å². The molecule has 1 rings (SSSR count). The topological polar surface area (TPSA) is 52.4 Å². The van der Waals surface area contributed by atoms with Gasteiger partial charge in [-0.15, -0.1) is 0 Å². The van der Waals surface area contributed by atoms with Crippen LogP contribution in [0.1, 0.15) is 33.1 Å². The highest BCUT2D eigenvalue weighted by molar-refractivity contribution is 5.35. The number of ether oxygens (including phenoxy) is 1. The summed E-state index contributed by atoms with van der Waals surface area (Å²) in [7, 11) is 0. The molecule has 0 saturated carbocycles. The second-order valence-electron chi connectivity index (χ2n) is 4.31. The first-order chi connectivity index (χ1) is 8.13. The molecule has 1 aromatic rings. The minimum Gasteiger partial charge on any atom is -0.493 e. The summed E-state index contributed by atoms with van der Waals surface area (Å²) >= 11 is 0. The van der Waals surface area contributed by atoms with Crippen molar-refractivity contribution in [1.82, 2.24) is 0 Å². The van der Waals surface area contributed by atoms with E-state index in [0.717, 1.165) is 6.42 Å². The Labute approximate surface area is 102 Å². The van der Waals surface area contributed by atoms with Crippen LogP contribution in [0.5, 0.6) is 5.75 Å². The molecule has 0 radical (unpaired) electrons. The number of unbranched alkanes of at least 4 members (excludes halogenated alkanes) is 1. The normalized spacial score (nSPS) is 12.1. The molecule has 1 unspecified atom stereocenters. The van der Waals surface area contributed by atoms with Gasteiger partial charge in [-0.3, -0.25) is 10.1 Å². The first-order valence-corrected chi connectivity index (χ1v) is 6.00. The Hall–Kier alpha value is -1.58. The van der Waals surface area contributed by atoms with E-state index in [0.29, 0.717) is 18.3 Å². The molecule has 0 spiro atoms. The number of non-ortho nitro benzene ring substituents is 1. The number of hydrogen-bond acceptors (Lipinski definition) is 3. The molecule has 4 heteroatoms. The Bertz CT molecular complexity index is 348. The predicted molar refractivity (Wildman–Crippen MR) is 67.3 cm³/mol. The summed E-state index contributed by atoms with van der Waals surface area (Å²) in [5, 5.41) is 10.5. The third kappa shape index (κ3) is 4.85. The fourth-order valence-corrected chi connectivity index (χ4v) is 1.54. The molecule has 1 atom stereocenters. The number of hydrogen-bond donors (Lipinski definition) is 0. The Balaban J connectivity index is 2.39. The van der Waals surface area contributed by atoms with Crippen LogP contribution < -0.4 is 4.74 Å². The molecule has 0 aliphatic rings. The molecule has 0 bridgehead atoms. The van der Waals surface area contributed by atoms with Crippen LogP contribution in [0, 0.1) is 16.0 Å². The predicted octanol–water partition coefficient (Wildman–Crippen LogP) is 3.80. The van der Waals surface area contributed by atoms with Gasteiger partial charge in [0.05, 0.1) is 11.5 Å². The van der Waals surface area contributed by atoms with Crippen molar-refractivity contribution < 1.29 is 9.66 Å². The van der Waals surface area contributed by atoms with E-state index >= 15 is 0 Å². The van der Waals surface area contributed by atoms with Gasteiger partial charge in [-0.05, 0) is 24.5 Å². The lowest BCUT2D eigenvalue weighted by molar-refractivity contribution is -0.384. The summed E-state index contributed by atoms with van der Waals surface area (Å²) in [5.41, 5.74) is 0.0939. The van der Waals surface area contributed by atoms with Crippen LogP contribution in [0.2, 0.25) is 0 Å². The molecule has 0 aliphatic carbocycles. The van der Waals surface area contributed by atoms with Gasteiger partial charge in [-0.25, -0.2) is 0 Å². The summed E-state index contributed by atoms with van der Waals surface area (Å²) in [6.45, 7) is 4.99. The van der Waals surface area contributed by atoms with Gasteiger partial charge in [0.25, 0.3) is 5.69 Å². The summed E-state index contributed by atoms with van der Waals surface area (Å²) in [6, 6.07) is 6.22. The third-order valence-corrected chi connectivity index (χ3v) is 2.63. The van der Waals surface area contributed by atoms with Gasteiger partial charge in [0, 0.05) is 12.1 Å². The first kappa shape index (κ1) is 13.5. The molecule has 0 aromatic heterocycles. The molecule has 0 fully saturated rings. The molecule has 94 valence electrons. The van der Waals surface area contributed by atoms with Crippen LogP contribution in [-0.2, 0) is 0 Å². The maximum atomic E-state index is 10.5. The highest BCUT2D eigenvalue weighted by atomic mass is 16.6. The van der Waals surface area contributed by atoms with Crippen LogP contribution in [0.4, 0.5) is 5.69 Å². The molecule has 0 saturated heterocycles. The van der Waals surface area contributed by atoms with E-state index in [1.807, 2.05) is 0 Å². The van der Waals surface area contributed by atoms with E-state index in [-0.39, 0.29) is 5.69 Å². The first-order valence-electron chi connectivity index (χ1n) is 6.00. The minimum absolute atomic E-state index is 0.0939. The molecular weight excluding hydrogens is 218 g/mol. The van der Waals surface area contributed by atoms with Crippen molar-refractivity contribution in [3.05, 3.63) is 34.4 Å². The average molecular weight is 237 g/mol. The maximum Gasteiger partial charge on any atom is 0.269 e. The van der Waals surface area contributed by atoms with E-state index < -0.39 is 4.92 Å². The fourth-order valence-electron chi connectivity index (χ4n) is 1.54. The number of nitrogens with zero attached hydrogens (tertiary/aromatic N) is 1. The number of nitro benzene ring substituents is 1. The Kier molecular flexibility index (Phi) is 5.46. The van der Waals surface area contributed by atoms with Crippen LogP contribution in [0.25, 0.3) is 0 Å². The Morgan fingerprint density at radius 1 is 1.35 bits per heavy atom. The van der Waals surface area contributed by atoms with Crippen molar-refractivity contribution in [3.63, 3.8) is 0 Å². The molecule has 4 nitrogen and oxygen atoms in total. The lowest BCUT2D eigenvalue weighted by Gasteiger charge is -2.12. The van der Waals surface area contributed by atoms with Gasteiger partial charge in [0.2, 0.25) is 0 Å². The second kappa shape index (κ2) is 6.89. The molecule has 1 aromatic carbocycles. The molecule has 0 aliphatic heterocycles. The van der Waals surface area contributed by atoms with Crippen LogP contribution >= 0.6 is 0 Å². The van der Waals surface area contributed by atoms with Crippen molar-refractivity contribution in [2.24, 2.45) is 5.92 Å². The number of rotatable bonds is 7. The summed E-state index contributed by atoms with van der Waals surface area (Å²) < 4.78 is 5.58. The van der Waals surface area contributed by atoms with Gasteiger partial charge in [0.15, 0.2) is 0 Å². The second-order valence-corrected chi connectivity index (χ2v) is 4.31. The van der Waals surface area contributed by atoms with Crippen LogP contribution in [-0.4, -0.2) is 11.5 Å². The number of benzene rings is 1. The molecule has 17 heavy (non-hydrogen) atoms. The van der Waals surface area contributed by atoms with Crippen LogP contribution in [0.3, 0.4) is 0 Å². The summed E-state index contributed by atoms with van der Waals surface area (Å²) in [5.74, 6) is 1.21. The lowest BCUT2D eigenvalue weighted by Crippen LogP contribution is -2.08. The maximum absolute atomic E-state index is 10.5. The van der Waals surface area contributed by atoms with Crippen molar-refractivity contribution >= 4 is 5.69 Å². The van der Waals surface area contributed by atoms with Crippen molar-refractivity contribution in [3.8, 4) is 5.75 Å². The van der Waals surface area contributed by atoms with Gasteiger partial charge < -0.3 is 4.74 Å². The van der Waals surface area contributed by atoms with Crippen molar-refractivity contribution in [1.29, 1.82) is 0 Å². The Morgan fingerprint density at radius 3 is 2.53 bits per heavy atom. The molecule has 0 heterocycles. The quantitative estimate of drug-likeness (QED) is 0.535. The number of nitro groups is 1. The molecule has 0 N–H and O–H groups in total. The highest BCUT2D eigenvalue weighted by Gasteiger charge is 2.06. The summed E-state index contributed by atoms with van der Waals surface area (Å²) in [6.07, 6.45) is 3.57. The van der Waals surface area contributed by atoms with Gasteiger partial charge in [0.1, 0.15) is 5.75 Å². The fraction of sp³-hybridized carbons (Fsp3) is 0.538. The van der Waals surface area contributed by atoms with Gasteiger partial charge in [-0.2, -0.15) is 0 Å². The third-order valence-electron chi connectivity index (χ3n) is 2.63. The van der Waals surface area contributed by atoms with Crippen LogP contribution in [0.15, 0.2) is 24.3 Å². The minimum atomic E-state index is -0.409. The zero-order chi connectivity index (χ0) is 12.7. The highest BCUT2D eigenvalue weighted by Crippen LogP contribution is 2.18. The van der Waals surface area contributed by atoms with E-state index in [1.165, 1.54) is 25.0 Å². The van der Waals surface area contributed by atoms with E-state index in [9.17, 15) is 10.1 Å². The van der Waals surface area contributed by atoms with E-state index in [2.05, 4.69) is 13.8 Å². The largest absolute Gasteiger partial charge is 0.493 e. The lowest BCUT2D eigenvalue weighted by atomic mass is 10.1. The van der Waals surface area contributed by atoms with Gasteiger partial charge >= 0.3 is 0 Å². The SMILES string of the molecule is CCCCC(C)COc1ccc([N+](=O)[O-])cc1. The van der Waals surface area contributed by atoms with E-state index in [1.54, 1.807) is 12.1 Å². The van der Waals surface area contributed by atoms with Crippen molar-refractivity contribution in [2.45, 2.75) is 33.1 Å². The summed E-state index contributed by atoms with van der Waals surface area (Å²) in [4.78, 5) is 10.1. The zero-order valence-electron chi connectivity index (χ0n) is 10.4. The Morgan fingerprint density at radius 2 is 2.00 bits per heavy atom. The van der Waals surface area contributed by atoms with Gasteiger partial charge in [-0.1, -0.05) is 26.7 Å². The standard InChI is InChI=1S/C13H19NO3/c1-3-4-5-11(2)10-17-13-8-6-12(7-9-13)14(15)16/h6-9,11H,3-5,10H2,1-2H3. The smallest absolute Gasteiger partial charge is 0.269 e. The monoisotopic (exact) mass is 237 g/mol. The zero-order valence-corrected chi connectivity index (χ0v) is 10.4. The molecule has 0 amide bonds. The average Bonchev–Trinajstić information content (AvgIpc) is 2.34.